The highest BCUT2D eigenvalue weighted by molar-refractivity contribution is 6.12. The Morgan fingerprint density at radius 3 is 2.79 bits per heavy atom. The summed E-state index contributed by atoms with van der Waals surface area (Å²) in [6.07, 6.45) is 20.1. The first-order valence-corrected chi connectivity index (χ1v) is 13.8. The number of aromatic amines is 1. The zero-order valence-electron chi connectivity index (χ0n) is 23.0. The normalized spacial score (nSPS) is 18.3. The Kier molecular flexibility index (Phi) is 8.22. The second-order valence-corrected chi connectivity index (χ2v) is 9.96. The van der Waals surface area contributed by atoms with Gasteiger partial charge < -0.3 is 20.5 Å². The van der Waals surface area contributed by atoms with Crippen molar-refractivity contribution in [3.63, 3.8) is 0 Å². The molecule has 0 atom stereocenters. The van der Waals surface area contributed by atoms with Crippen molar-refractivity contribution in [1.29, 1.82) is 0 Å². The summed E-state index contributed by atoms with van der Waals surface area (Å²) in [6, 6.07) is 0. The summed E-state index contributed by atoms with van der Waals surface area (Å²) < 4.78 is 0. The number of hydrogen-bond acceptors (Lipinski definition) is 7. The first kappa shape index (κ1) is 26.4. The second kappa shape index (κ2) is 12.1. The smallest absolute Gasteiger partial charge is 0.159 e. The van der Waals surface area contributed by atoms with E-state index in [1.54, 1.807) is 0 Å². The van der Waals surface area contributed by atoms with Crippen LogP contribution in [0.25, 0.3) is 11.0 Å². The number of fused-ring (bicyclic) bond motifs is 4. The molecule has 4 N–H and O–H groups in total. The third kappa shape index (κ3) is 5.96. The molecule has 0 aromatic carbocycles. The first-order chi connectivity index (χ1) is 19.1. The molecule has 0 saturated carbocycles. The molecule has 1 saturated heterocycles. The van der Waals surface area contributed by atoms with Crippen molar-refractivity contribution in [1.82, 2.24) is 31.0 Å². The maximum Gasteiger partial charge on any atom is 0.159 e. The summed E-state index contributed by atoms with van der Waals surface area (Å²) in [6.45, 7) is 16.1. The van der Waals surface area contributed by atoms with Crippen molar-refractivity contribution in [2.45, 2.75) is 39.5 Å². The molecule has 0 unspecified atom stereocenters. The molecular formula is C31H38N8. The minimum absolute atomic E-state index is 0.748. The molecular weight excluding hydrogens is 484 g/mol. The van der Waals surface area contributed by atoms with Crippen LogP contribution in [-0.2, 0) is 0 Å². The summed E-state index contributed by atoms with van der Waals surface area (Å²) >= 11 is 0. The quantitative estimate of drug-likeness (QED) is 0.342. The average molecular weight is 523 g/mol. The third-order valence-electron chi connectivity index (χ3n) is 7.18. The van der Waals surface area contributed by atoms with Gasteiger partial charge in [0.25, 0.3) is 0 Å². The number of allylic oxidation sites excluding steroid dienone is 11. The van der Waals surface area contributed by atoms with Crippen molar-refractivity contribution in [2.75, 3.05) is 31.1 Å². The van der Waals surface area contributed by atoms with Crippen LogP contribution in [0.3, 0.4) is 0 Å². The highest BCUT2D eigenvalue weighted by Gasteiger charge is 2.23. The number of rotatable bonds is 9. The van der Waals surface area contributed by atoms with Gasteiger partial charge in [0, 0.05) is 43.3 Å². The van der Waals surface area contributed by atoms with Gasteiger partial charge in [-0.15, -0.1) is 0 Å². The number of H-pyrrole nitrogens is 1. The maximum absolute atomic E-state index is 5.07. The first-order valence-electron chi connectivity index (χ1n) is 13.8. The van der Waals surface area contributed by atoms with Crippen molar-refractivity contribution in [3.05, 3.63) is 102 Å². The lowest BCUT2D eigenvalue weighted by atomic mass is 9.94. The van der Waals surface area contributed by atoms with Crippen LogP contribution in [0.15, 0.2) is 101 Å². The molecule has 2 aliphatic heterocycles. The fourth-order valence-electron chi connectivity index (χ4n) is 5.10. The molecule has 2 bridgehead atoms. The van der Waals surface area contributed by atoms with Crippen LogP contribution < -0.4 is 21.0 Å². The lowest BCUT2D eigenvalue weighted by molar-refractivity contribution is 0.589. The zero-order chi connectivity index (χ0) is 27.2. The number of hydrogen-bond donors (Lipinski definition) is 4. The molecule has 4 heterocycles. The Hall–Kier alpha value is -4.17. The number of pyridine rings is 1. The van der Waals surface area contributed by atoms with E-state index in [0.717, 1.165) is 114 Å². The third-order valence-corrected chi connectivity index (χ3v) is 7.18. The molecule has 5 rings (SSSR count). The van der Waals surface area contributed by atoms with E-state index in [1.807, 2.05) is 18.5 Å². The van der Waals surface area contributed by atoms with Crippen molar-refractivity contribution >= 4 is 22.4 Å². The molecule has 8 nitrogen and oxygen atoms in total. The summed E-state index contributed by atoms with van der Waals surface area (Å²) in [5.74, 6) is 0.748. The lowest BCUT2D eigenvalue weighted by Gasteiger charge is -2.29. The number of nitrogens with zero attached hydrogens (tertiary/aromatic N) is 4. The molecule has 1 fully saturated rings. The van der Waals surface area contributed by atoms with Crippen LogP contribution in [0.1, 0.15) is 45.4 Å². The Bertz CT molecular complexity index is 1440. The van der Waals surface area contributed by atoms with Crippen molar-refractivity contribution in [2.24, 2.45) is 5.10 Å². The van der Waals surface area contributed by atoms with Gasteiger partial charge in [0.2, 0.25) is 0 Å². The van der Waals surface area contributed by atoms with Crippen molar-refractivity contribution < 1.29 is 0 Å². The molecule has 1 aliphatic carbocycles. The number of nitrogens with one attached hydrogen (secondary N) is 4. The lowest BCUT2D eigenvalue weighted by Crippen LogP contribution is -2.43. The monoisotopic (exact) mass is 522 g/mol. The number of piperazine rings is 1. The van der Waals surface area contributed by atoms with Gasteiger partial charge in [0.05, 0.1) is 23.6 Å². The van der Waals surface area contributed by atoms with Gasteiger partial charge in [0.1, 0.15) is 11.2 Å². The zero-order valence-corrected chi connectivity index (χ0v) is 23.0. The summed E-state index contributed by atoms with van der Waals surface area (Å²) in [7, 11) is 0. The van der Waals surface area contributed by atoms with Gasteiger partial charge in [-0.25, -0.2) is 4.98 Å². The highest BCUT2D eigenvalue weighted by atomic mass is 15.3. The minimum atomic E-state index is 0.748. The van der Waals surface area contributed by atoms with Crippen LogP contribution in [0.2, 0.25) is 0 Å². The predicted molar refractivity (Wildman–Crippen MR) is 161 cm³/mol. The number of imidazole rings is 1. The summed E-state index contributed by atoms with van der Waals surface area (Å²) in [4.78, 5) is 15.4. The van der Waals surface area contributed by atoms with Gasteiger partial charge >= 0.3 is 0 Å². The molecule has 8 heteroatoms. The van der Waals surface area contributed by atoms with E-state index in [-0.39, 0.29) is 0 Å². The second-order valence-electron chi connectivity index (χ2n) is 9.96. The average Bonchev–Trinajstić information content (AvgIpc) is 3.31. The van der Waals surface area contributed by atoms with E-state index in [4.69, 9.17) is 10.1 Å². The van der Waals surface area contributed by atoms with Crippen LogP contribution in [0.4, 0.5) is 5.69 Å². The van der Waals surface area contributed by atoms with E-state index in [2.05, 4.69) is 88.3 Å². The van der Waals surface area contributed by atoms with E-state index in [0.29, 0.717) is 0 Å². The van der Waals surface area contributed by atoms with E-state index in [1.165, 1.54) is 0 Å². The number of anilines is 1. The topological polar surface area (TPSA) is 93.3 Å². The Balaban J connectivity index is 1.50. The Morgan fingerprint density at radius 1 is 1.18 bits per heavy atom. The molecule has 2 aromatic rings. The largest absolute Gasteiger partial charge is 0.366 e. The summed E-state index contributed by atoms with van der Waals surface area (Å²) in [5, 5.41) is 11.6. The Morgan fingerprint density at radius 2 is 2.03 bits per heavy atom. The van der Waals surface area contributed by atoms with Gasteiger partial charge in [-0.05, 0) is 67.2 Å². The Labute approximate surface area is 230 Å². The maximum atomic E-state index is 5.07. The fraction of sp³-hybridized carbons (Fsp3) is 0.323. The highest BCUT2D eigenvalue weighted by Crippen LogP contribution is 2.29. The van der Waals surface area contributed by atoms with Gasteiger partial charge in [-0.3, -0.25) is 10.4 Å². The van der Waals surface area contributed by atoms with Gasteiger partial charge in [-0.1, -0.05) is 38.7 Å². The molecule has 0 spiro atoms. The molecule has 2 aromatic heterocycles. The fourth-order valence-corrected chi connectivity index (χ4v) is 5.10. The van der Waals surface area contributed by atoms with Crippen LogP contribution >= 0.6 is 0 Å². The predicted octanol–water partition coefficient (Wildman–Crippen LogP) is 5.12. The van der Waals surface area contributed by atoms with Crippen LogP contribution in [0.5, 0.6) is 0 Å². The molecule has 202 valence electrons. The molecule has 3 aliphatic rings. The SMILES string of the molecule is C=C/C(=C\C(=C/C)C1=CC=C2CCC(=C1)C(c1nc3c(N4CCNCC4)cncc3[nH]1)=NN2)NC(=C)CCC. The van der Waals surface area contributed by atoms with E-state index in [9.17, 15) is 0 Å². The standard InChI is InChI=1S/C31H38N8/c1-5-8-21(4)34-25(7-3)18-22(6-2)23-9-11-26-12-10-24(17-23)29(38-37-26)31-35-27-19-33-20-28(30(27)36-31)39-15-13-32-14-16-39/h6-7,9,11,17-20,32,34,37H,3-5,8,10,12-16H2,1-2H3,(H,35,36)/b22-6+,23-9?,24-17?,25-18+,26-11?. The number of hydrazone groups is 1. The van der Waals surface area contributed by atoms with Gasteiger partial charge in [-0.2, -0.15) is 5.10 Å². The van der Waals surface area contributed by atoms with Gasteiger partial charge in [0.15, 0.2) is 5.82 Å². The van der Waals surface area contributed by atoms with E-state index >= 15 is 0 Å². The molecule has 0 amide bonds. The van der Waals surface area contributed by atoms with E-state index < -0.39 is 0 Å². The minimum Gasteiger partial charge on any atom is -0.366 e. The number of aromatic nitrogens is 3. The van der Waals surface area contributed by atoms with Crippen molar-refractivity contribution in [3.8, 4) is 0 Å². The molecule has 0 radical (unpaired) electrons. The molecule has 39 heavy (non-hydrogen) atoms. The van der Waals surface area contributed by atoms with Crippen LogP contribution in [0, 0.1) is 0 Å². The summed E-state index contributed by atoms with van der Waals surface area (Å²) in [5.41, 5.74) is 13.3. The van der Waals surface area contributed by atoms with Crippen LogP contribution in [-0.4, -0.2) is 46.8 Å².